The van der Waals surface area contributed by atoms with Crippen LogP contribution in [-0.2, 0) is 16.0 Å². The quantitative estimate of drug-likeness (QED) is 0.592. The Hall–Kier alpha value is -3.71. The summed E-state index contributed by atoms with van der Waals surface area (Å²) in [6.07, 6.45) is -0.115. The zero-order chi connectivity index (χ0) is 19.8. The van der Waals surface area contributed by atoms with Crippen molar-refractivity contribution in [3.05, 3.63) is 58.4 Å². The molecule has 7 nitrogen and oxygen atoms in total. The first-order chi connectivity index (χ1) is 13.0. The molecule has 27 heavy (non-hydrogen) atoms. The van der Waals surface area contributed by atoms with Crippen LogP contribution < -0.4 is 0 Å². The zero-order valence-corrected chi connectivity index (χ0v) is 14.7. The molecule has 0 atom stereocenters. The van der Waals surface area contributed by atoms with E-state index < -0.39 is 17.5 Å². The van der Waals surface area contributed by atoms with Crippen molar-refractivity contribution in [2.24, 2.45) is 0 Å². The topological polar surface area (TPSA) is 124 Å². The van der Waals surface area contributed by atoms with Crippen molar-refractivity contribution >= 4 is 11.8 Å². The molecular formula is C20H17N3O4. The lowest BCUT2D eigenvalue weighted by molar-refractivity contribution is -0.143. The van der Waals surface area contributed by atoms with E-state index >= 15 is 0 Å². The lowest BCUT2D eigenvalue weighted by atomic mass is 10.0. The molecule has 7 heteroatoms. The number of aromatic hydroxyl groups is 1. The minimum absolute atomic E-state index is 0.0890. The van der Waals surface area contributed by atoms with Crippen LogP contribution in [0.5, 0.6) is 5.75 Å². The number of aromatic nitrogens is 1. The SMILES string of the molecule is CCOC(=O)CCC(=O)c1nc(Cc2ccccc2C#N)cc(C#N)c1O. The number of Topliss-reactive ketones (excluding diaryl/α,β-unsaturated/α-hetero) is 1. The van der Waals surface area contributed by atoms with E-state index in [0.29, 0.717) is 16.8 Å². The molecule has 1 heterocycles. The second kappa shape index (κ2) is 9.12. The molecule has 1 N–H and O–H groups in total. The van der Waals surface area contributed by atoms with Crippen molar-refractivity contribution in [2.75, 3.05) is 6.61 Å². The summed E-state index contributed by atoms with van der Waals surface area (Å²) < 4.78 is 4.77. The highest BCUT2D eigenvalue weighted by molar-refractivity contribution is 5.98. The van der Waals surface area contributed by atoms with Gasteiger partial charge in [-0.15, -0.1) is 0 Å². The van der Waals surface area contributed by atoms with Gasteiger partial charge in [-0.05, 0) is 24.6 Å². The molecule has 0 radical (unpaired) electrons. The Kier molecular flexibility index (Phi) is 6.62. The predicted molar refractivity (Wildman–Crippen MR) is 94.8 cm³/mol. The minimum Gasteiger partial charge on any atom is -0.504 e. The normalized spacial score (nSPS) is 9.89. The van der Waals surface area contributed by atoms with Gasteiger partial charge in [0.05, 0.1) is 30.2 Å². The van der Waals surface area contributed by atoms with E-state index in [9.17, 15) is 25.2 Å². The van der Waals surface area contributed by atoms with E-state index in [1.54, 1.807) is 31.2 Å². The smallest absolute Gasteiger partial charge is 0.306 e. The van der Waals surface area contributed by atoms with Gasteiger partial charge in [0.15, 0.2) is 11.5 Å². The first-order valence-corrected chi connectivity index (χ1v) is 8.30. The lowest BCUT2D eigenvalue weighted by Crippen LogP contribution is -2.11. The number of nitrogens with zero attached hydrogens (tertiary/aromatic N) is 3. The molecule has 0 fully saturated rings. The van der Waals surface area contributed by atoms with Gasteiger partial charge in [-0.3, -0.25) is 9.59 Å². The van der Waals surface area contributed by atoms with Crippen LogP contribution in [0.15, 0.2) is 30.3 Å². The van der Waals surface area contributed by atoms with Gasteiger partial charge in [0, 0.05) is 18.5 Å². The van der Waals surface area contributed by atoms with Crippen molar-refractivity contribution in [3.8, 4) is 17.9 Å². The fourth-order valence-electron chi connectivity index (χ4n) is 2.51. The molecule has 0 spiro atoms. The van der Waals surface area contributed by atoms with Crippen LogP contribution in [-0.4, -0.2) is 28.4 Å². The van der Waals surface area contributed by atoms with Gasteiger partial charge in [0.1, 0.15) is 11.8 Å². The summed E-state index contributed by atoms with van der Waals surface area (Å²) in [5.74, 6) is -1.60. The standard InChI is InChI=1S/C20H17N3O4/c1-2-27-18(25)8-7-17(24)19-20(26)15(12-22)10-16(23-19)9-13-5-3-4-6-14(13)11-21/h3-6,10,26H,2,7-9H2,1H3. The zero-order valence-electron chi connectivity index (χ0n) is 14.7. The number of nitriles is 2. The number of hydrogen-bond acceptors (Lipinski definition) is 7. The summed E-state index contributed by atoms with van der Waals surface area (Å²) >= 11 is 0. The Balaban J connectivity index is 2.32. The average Bonchev–Trinajstić information content (AvgIpc) is 2.68. The third-order valence-electron chi connectivity index (χ3n) is 3.80. The molecule has 2 aromatic rings. The number of hydrogen-bond donors (Lipinski definition) is 1. The van der Waals surface area contributed by atoms with Gasteiger partial charge in [-0.2, -0.15) is 10.5 Å². The highest BCUT2D eigenvalue weighted by Gasteiger charge is 2.20. The van der Waals surface area contributed by atoms with Crippen LogP contribution in [0.3, 0.4) is 0 Å². The van der Waals surface area contributed by atoms with E-state index in [1.165, 1.54) is 6.07 Å². The number of pyridine rings is 1. The van der Waals surface area contributed by atoms with Crippen LogP contribution in [0.2, 0.25) is 0 Å². The number of ether oxygens (including phenoxy) is 1. The molecule has 136 valence electrons. The molecule has 0 saturated carbocycles. The molecule has 0 amide bonds. The van der Waals surface area contributed by atoms with Crippen molar-refractivity contribution in [1.29, 1.82) is 10.5 Å². The van der Waals surface area contributed by atoms with Gasteiger partial charge < -0.3 is 9.84 Å². The van der Waals surface area contributed by atoms with Crippen LogP contribution in [0.1, 0.15) is 52.6 Å². The Morgan fingerprint density at radius 3 is 2.52 bits per heavy atom. The maximum absolute atomic E-state index is 12.4. The molecule has 1 aromatic heterocycles. The van der Waals surface area contributed by atoms with Gasteiger partial charge >= 0.3 is 5.97 Å². The third-order valence-corrected chi connectivity index (χ3v) is 3.80. The number of ketones is 1. The number of benzene rings is 1. The summed E-state index contributed by atoms with van der Waals surface area (Å²) in [6, 6.07) is 12.2. The predicted octanol–water partition coefficient (Wildman–Crippen LogP) is 2.65. The second-order valence-electron chi connectivity index (χ2n) is 5.64. The first kappa shape index (κ1) is 19.6. The summed E-state index contributed by atoms with van der Waals surface area (Å²) in [5, 5.41) is 28.6. The van der Waals surface area contributed by atoms with Gasteiger partial charge in [0.25, 0.3) is 0 Å². The lowest BCUT2D eigenvalue weighted by Gasteiger charge is -2.09. The number of carbonyl (C=O) groups is 2. The molecular weight excluding hydrogens is 346 g/mol. The van der Waals surface area contributed by atoms with Gasteiger partial charge in [-0.1, -0.05) is 18.2 Å². The Labute approximate surface area is 156 Å². The number of carbonyl (C=O) groups excluding carboxylic acids is 2. The second-order valence-corrected chi connectivity index (χ2v) is 5.64. The Morgan fingerprint density at radius 1 is 1.15 bits per heavy atom. The maximum Gasteiger partial charge on any atom is 0.306 e. The molecule has 0 unspecified atom stereocenters. The Morgan fingerprint density at radius 2 is 1.85 bits per heavy atom. The first-order valence-electron chi connectivity index (χ1n) is 8.30. The van der Waals surface area contributed by atoms with E-state index in [4.69, 9.17) is 4.74 Å². The molecule has 0 aliphatic heterocycles. The van der Waals surface area contributed by atoms with Gasteiger partial charge in [0.2, 0.25) is 0 Å². The summed E-state index contributed by atoms with van der Waals surface area (Å²) in [7, 11) is 0. The molecule has 0 aliphatic rings. The molecule has 0 aliphatic carbocycles. The third kappa shape index (κ3) is 4.90. The van der Waals surface area contributed by atoms with Crippen LogP contribution in [0.4, 0.5) is 0 Å². The largest absolute Gasteiger partial charge is 0.504 e. The molecule has 0 bridgehead atoms. The van der Waals surface area contributed by atoms with Crippen LogP contribution in [0, 0.1) is 22.7 Å². The van der Waals surface area contributed by atoms with Crippen molar-refractivity contribution in [1.82, 2.24) is 4.98 Å². The van der Waals surface area contributed by atoms with Crippen LogP contribution >= 0.6 is 0 Å². The van der Waals surface area contributed by atoms with E-state index in [0.717, 1.165) is 0 Å². The summed E-state index contributed by atoms with van der Waals surface area (Å²) in [4.78, 5) is 28.0. The van der Waals surface area contributed by atoms with E-state index in [1.807, 2.05) is 6.07 Å². The van der Waals surface area contributed by atoms with Crippen molar-refractivity contribution < 1.29 is 19.4 Å². The molecule has 2 rings (SSSR count). The van der Waals surface area contributed by atoms with E-state index in [-0.39, 0.29) is 37.1 Å². The van der Waals surface area contributed by atoms with Crippen LogP contribution in [0.25, 0.3) is 0 Å². The number of rotatable bonds is 7. The fourth-order valence-corrected chi connectivity index (χ4v) is 2.51. The number of esters is 1. The average molecular weight is 363 g/mol. The highest BCUT2D eigenvalue weighted by atomic mass is 16.5. The van der Waals surface area contributed by atoms with Crippen molar-refractivity contribution in [3.63, 3.8) is 0 Å². The molecule has 0 saturated heterocycles. The van der Waals surface area contributed by atoms with Crippen molar-refractivity contribution in [2.45, 2.75) is 26.2 Å². The minimum atomic E-state index is -0.563. The summed E-state index contributed by atoms with van der Waals surface area (Å²) in [5.41, 5.74) is 1.16. The fraction of sp³-hybridized carbons (Fsp3) is 0.250. The molecule has 1 aromatic carbocycles. The van der Waals surface area contributed by atoms with E-state index in [2.05, 4.69) is 11.1 Å². The maximum atomic E-state index is 12.4. The monoisotopic (exact) mass is 363 g/mol. The Bertz CT molecular complexity index is 955. The summed E-state index contributed by atoms with van der Waals surface area (Å²) in [6.45, 7) is 1.87. The highest BCUT2D eigenvalue weighted by Crippen LogP contribution is 2.25. The van der Waals surface area contributed by atoms with Gasteiger partial charge in [-0.25, -0.2) is 4.98 Å².